The van der Waals surface area contributed by atoms with E-state index in [9.17, 15) is 9.59 Å². The second-order valence-corrected chi connectivity index (χ2v) is 6.09. The molecule has 0 aliphatic carbocycles. The van der Waals surface area contributed by atoms with Crippen LogP contribution in [-0.4, -0.2) is 35.8 Å². The van der Waals surface area contributed by atoms with Gasteiger partial charge in [0.05, 0.1) is 30.7 Å². The topological polar surface area (TPSA) is 93.3 Å². The van der Waals surface area contributed by atoms with Crippen molar-refractivity contribution >= 4 is 35.0 Å². The van der Waals surface area contributed by atoms with Gasteiger partial charge >= 0.3 is 0 Å². The van der Waals surface area contributed by atoms with Crippen LogP contribution < -0.4 is 20.3 Å². The molecule has 2 aromatic rings. The Labute approximate surface area is 147 Å². The lowest BCUT2D eigenvalue weighted by Crippen LogP contribution is -2.16. The second kappa shape index (κ2) is 8.07. The third kappa shape index (κ3) is 4.65. The maximum atomic E-state index is 12.1. The number of thioether (sulfide) groups is 1. The second-order valence-electron chi connectivity index (χ2n) is 4.72. The van der Waals surface area contributed by atoms with Crippen molar-refractivity contribution in [2.75, 3.05) is 25.3 Å². The number of methoxy groups -OCH3 is 2. The summed E-state index contributed by atoms with van der Waals surface area (Å²) in [5, 5.41) is 3.45. The van der Waals surface area contributed by atoms with Gasteiger partial charge in [-0.1, -0.05) is 23.4 Å². The largest absolute Gasteiger partial charge is 0.495 e. The molecule has 128 valence electrons. The number of carbonyl (C=O) groups excluding carboxylic acids is 1. The number of nitrogens with one attached hydrogen (secondary N) is 2. The van der Waals surface area contributed by atoms with Crippen LogP contribution >= 0.6 is 23.4 Å². The van der Waals surface area contributed by atoms with E-state index in [0.717, 1.165) is 11.8 Å². The van der Waals surface area contributed by atoms with E-state index in [2.05, 4.69) is 15.3 Å². The van der Waals surface area contributed by atoms with Crippen molar-refractivity contribution in [2.24, 2.45) is 0 Å². The third-order valence-corrected chi connectivity index (χ3v) is 4.10. The van der Waals surface area contributed by atoms with E-state index in [-0.39, 0.29) is 17.2 Å². The van der Waals surface area contributed by atoms with E-state index in [1.54, 1.807) is 19.1 Å². The van der Waals surface area contributed by atoms with Crippen molar-refractivity contribution in [3.05, 3.63) is 39.3 Å². The van der Waals surface area contributed by atoms with E-state index in [1.165, 1.54) is 20.3 Å². The molecule has 0 radical (unpaired) electrons. The van der Waals surface area contributed by atoms with Crippen LogP contribution in [0.3, 0.4) is 0 Å². The zero-order chi connectivity index (χ0) is 17.7. The number of halogens is 1. The van der Waals surface area contributed by atoms with E-state index in [4.69, 9.17) is 21.1 Å². The Kier molecular flexibility index (Phi) is 6.10. The van der Waals surface area contributed by atoms with Gasteiger partial charge in [-0.2, -0.15) is 0 Å². The minimum Gasteiger partial charge on any atom is -0.495 e. The molecular weight excluding hydrogens is 354 g/mol. The molecule has 1 amide bonds. The predicted octanol–water partition coefficient (Wildman–Crippen LogP) is 2.48. The number of rotatable bonds is 6. The Bertz CT molecular complexity index is 810. The number of amides is 1. The average Bonchev–Trinajstić information content (AvgIpc) is 2.52. The number of aromatic nitrogens is 2. The van der Waals surface area contributed by atoms with Crippen molar-refractivity contribution < 1.29 is 14.3 Å². The number of aryl methyl sites for hydroxylation is 1. The molecule has 1 heterocycles. The molecule has 0 atom stereocenters. The van der Waals surface area contributed by atoms with Crippen LogP contribution in [0.1, 0.15) is 5.69 Å². The summed E-state index contributed by atoms with van der Waals surface area (Å²) in [7, 11) is 2.97. The lowest BCUT2D eigenvalue weighted by Gasteiger charge is -2.13. The van der Waals surface area contributed by atoms with Crippen molar-refractivity contribution in [3.63, 3.8) is 0 Å². The number of H-pyrrole nitrogens is 1. The molecule has 0 fully saturated rings. The maximum absolute atomic E-state index is 12.1. The number of benzene rings is 1. The molecular formula is C15H16ClN3O4S. The Morgan fingerprint density at radius 3 is 2.62 bits per heavy atom. The molecule has 0 bridgehead atoms. The van der Waals surface area contributed by atoms with E-state index >= 15 is 0 Å². The van der Waals surface area contributed by atoms with Gasteiger partial charge in [0, 0.05) is 17.8 Å². The molecule has 7 nitrogen and oxygen atoms in total. The zero-order valence-corrected chi connectivity index (χ0v) is 14.9. The summed E-state index contributed by atoms with van der Waals surface area (Å²) in [5.41, 5.74) is 0.763. The molecule has 24 heavy (non-hydrogen) atoms. The molecule has 2 N–H and O–H groups in total. The highest BCUT2D eigenvalue weighted by Gasteiger charge is 2.13. The molecule has 0 saturated heterocycles. The van der Waals surface area contributed by atoms with Crippen LogP contribution in [0.15, 0.2) is 28.2 Å². The van der Waals surface area contributed by atoms with Gasteiger partial charge in [0.2, 0.25) is 5.91 Å². The molecule has 0 aliphatic rings. The lowest BCUT2D eigenvalue weighted by molar-refractivity contribution is -0.113. The zero-order valence-electron chi connectivity index (χ0n) is 13.3. The van der Waals surface area contributed by atoms with E-state index in [0.29, 0.717) is 33.1 Å². The summed E-state index contributed by atoms with van der Waals surface area (Å²) in [5.74, 6) is 0.655. The summed E-state index contributed by atoms with van der Waals surface area (Å²) < 4.78 is 10.3. The normalized spacial score (nSPS) is 10.3. The Hall–Kier alpha value is -2.19. The molecule has 1 aromatic carbocycles. The smallest absolute Gasteiger partial charge is 0.251 e. The lowest BCUT2D eigenvalue weighted by atomic mass is 10.2. The van der Waals surface area contributed by atoms with Crippen molar-refractivity contribution in [1.82, 2.24) is 9.97 Å². The first-order chi connectivity index (χ1) is 11.4. The summed E-state index contributed by atoms with van der Waals surface area (Å²) in [6.07, 6.45) is 0. The number of hydrogen-bond donors (Lipinski definition) is 2. The molecule has 2 rings (SSSR count). The number of hydrogen-bond acceptors (Lipinski definition) is 6. The standard InChI is InChI=1S/C15H16ClN3O4S/c1-8-4-13(20)19-15(17-8)24-7-14(21)18-10-5-9(16)11(22-2)6-12(10)23-3/h4-6H,7H2,1-3H3,(H,18,21)(H,17,19,20). The number of aromatic amines is 1. The van der Waals surface area contributed by atoms with E-state index < -0.39 is 0 Å². The fraction of sp³-hybridized carbons (Fsp3) is 0.267. The van der Waals surface area contributed by atoms with Gasteiger partial charge in [0.25, 0.3) is 5.56 Å². The highest BCUT2D eigenvalue weighted by molar-refractivity contribution is 7.99. The Morgan fingerprint density at radius 2 is 2.00 bits per heavy atom. The highest BCUT2D eigenvalue weighted by atomic mass is 35.5. The van der Waals surface area contributed by atoms with Gasteiger partial charge in [-0.05, 0) is 13.0 Å². The SMILES string of the molecule is COc1cc(OC)c(NC(=O)CSc2nc(C)cc(=O)[nH]2)cc1Cl. The predicted molar refractivity (Wildman–Crippen MR) is 93.5 cm³/mol. The molecule has 0 aliphatic heterocycles. The molecule has 1 aromatic heterocycles. The summed E-state index contributed by atoms with van der Waals surface area (Å²) >= 11 is 7.19. The van der Waals surface area contributed by atoms with Crippen LogP contribution in [0.25, 0.3) is 0 Å². The minimum atomic E-state index is -0.288. The van der Waals surface area contributed by atoms with Gasteiger partial charge in [0.1, 0.15) is 11.5 Å². The third-order valence-electron chi connectivity index (χ3n) is 2.94. The average molecular weight is 370 g/mol. The van der Waals surface area contributed by atoms with Gasteiger partial charge in [-0.15, -0.1) is 0 Å². The van der Waals surface area contributed by atoms with Crippen molar-refractivity contribution in [3.8, 4) is 11.5 Å². The fourth-order valence-corrected chi connectivity index (χ4v) is 2.86. The maximum Gasteiger partial charge on any atom is 0.251 e. The number of nitrogens with zero attached hydrogens (tertiary/aromatic N) is 1. The molecule has 0 unspecified atom stereocenters. The van der Waals surface area contributed by atoms with Crippen molar-refractivity contribution in [2.45, 2.75) is 12.1 Å². The number of anilines is 1. The minimum absolute atomic E-state index is 0.0686. The van der Waals surface area contributed by atoms with Gasteiger partial charge in [-0.25, -0.2) is 4.98 Å². The quantitative estimate of drug-likeness (QED) is 0.600. The fourth-order valence-electron chi connectivity index (χ4n) is 1.90. The number of carbonyl (C=O) groups is 1. The Balaban J connectivity index is 2.07. The summed E-state index contributed by atoms with van der Waals surface area (Å²) in [6.45, 7) is 1.71. The highest BCUT2D eigenvalue weighted by Crippen LogP contribution is 2.35. The van der Waals surface area contributed by atoms with Gasteiger partial charge in [-0.3, -0.25) is 9.59 Å². The number of ether oxygens (including phenoxy) is 2. The van der Waals surface area contributed by atoms with Gasteiger partial charge in [0.15, 0.2) is 5.16 Å². The van der Waals surface area contributed by atoms with Crippen LogP contribution in [0.4, 0.5) is 5.69 Å². The first-order valence-corrected chi connectivity index (χ1v) is 8.21. The monoisotopic (exact) mass is 369 g/mol. The van der Waals surface area contributed by atoms with Crippen LogP contribution in [-0.2, 0) is 4.79 Å². The summed E-state index contributed by atoms with van der Waals surface area (Å²) in [4.78, 5) is 30.2. The first-order valence-electron chi connectivity index (χ1n) is 6.85. The van der Waals surface area contributed by atoms with Crippen molar-refractivity contribution in [1.29, 1.82) is 0 Å². The molecule has 0 spiro atoms. The van der Waals surface area contributed by atoms with Crippen LogP contribution in [0.5, 0.6) is 11.5 Å². The molecule has 0 saturated carbocycles. The van der Waals surface area contributed by atoms with Crippen LogP contribution in [0, 0.1) is 6.92 Å². The Morgan fingerprint density at radius 1 is 1.29 bits per heavy atom. The summed E-state index contributed by atoms with van der Waals surface area (Å²) in [6, 6.07) is 4.52. The first kappa shape index (κ1) is 18.2. The molecule has 9 heteroatoms. The van der Waals surface area contributed by atoms with Gasteiger partial charge < -0.3 is 19.8 Å². The van der Waals surface area contributed by atoms with E-state index in [1.807, 2.05) is 0 Å². The van der Waals surface area contributed by atoms with Crippen LogP contribution in [0.2, 0.25) is 5.02 Å².